The number of aryl methyl sites for hydroxylation is 2. The molecule has 0 aliphatic heterocycles. The number of rotatable bonds is 5. The smallest absolute Gasteiger partial charge is 0.257 e. The summed E-state index contributed by atoms with van der Waals surface area (Å²) < 4.78 is 5.01. The van der Waals surface area contributed by atoms with Crippen molar-refractivity contribution in [2.45, 2.75) is 20.3 Å². The van der Waals surface area contributed by atoms with E-state index in [1.807, 2.05) is 13.0 Å². The van der Waals surface area contributed by atoms with Gasteiger partial charge in [0.2, 0.25) is 5.91 Å². The number of fused-ring (bicyclic) bond motifs is 1. The molecule has 0 bridgehead atoms. The van der Waals surface area contributed by atoms with Crippen molar-refractivity contribution in [2.75, 3.05) is 11.9 Å². The minimum atomic E-state index is -0.309. The van der Waals surface area contributed by atoms with Crippen LogP contribution in [0.15, 0.2) is 35.1 Å². The fourth-order valence-electron chi connectivity index (χ4n) is 2.21. The van der Waals surface area contributed by atoms with Gasteiger partial charge in [-0.3, -0.25) is 9.59 Å². The maximum atomic E-state index is 12.2. The van der Waals surface area contributed by atoms with Crippen LogP contribution < -0.4 is 10.6 Å². The Hall–Kier alpha value is -3.29. The molecule has 3 aromatic rings. The summed E-state index contributed by atoms with van der Waals surface area (Å²) >= 11 is 0. The van der Waals surface area contributed by atoms with Crippen LogP contribution in [-0.4, -0.2) is 33.5 Å². The van der Waals surface area contributed by atoms with Crippen molar-refractivity contribution in [3.8, 4) is 0 Å². The number of nitrogens with one attached hydrogen (secondary N) is 2. The van der Waals surface area contributed by atoms with Crippen LogP contribution in [0.25, 0.3) is 11.1 Å². The van der Waals surface area contributed by atoms with Crippen LogP contribution in [0.1, 0.15) is 28.0 Å². The highest BCUT2D eigenvalue weighted by Gasteiger charge is 2.12. The number of aromatic nitrogens is 3. The average Bonchev–Trinajstić information content (AvgIpc) is 2.97. The lowest BCUT2D eigenvalue weighted by atomic mass is 10.2. The maximum Gasteiger partial charge on any atom is 0.257 e. The highest BCUT2D eigenvalue weighted by molar-refractivity contribution is 5.97. The predicted octanol–water partition coefficient (Wildman–Crippen LogP) is 1.99. The number of carbonyl (C=O) groups is 2. The van der Waals surface area contributed by atoms with Crippen molar-refractivity contribution in [2.24, 2.45) is 0 Å². The Balaban J connectivity index is 1.52. The van der Waals surface area contributed by atoms with E-state index in [-0.39, 0.29) is 24.8 Å². The van der Waals surface area contributed by atoms with E-state index in [1.165, 1.54) is 6.20 Å². The first-order valence-corrected chi connectivity index (χ1v) is 7.75. The second-order valence-corrected chi connectivity index (χ2v) is 5.62. The van der Waals surface area contributed by atoms with Crippen molar-refractivity contribution >= 4 is 28.7 Å². The standard InChI is InChI=1S/C17H17N5O3/c1-10-3-4-14(19-8-10)21-15(23)5-6-18-16(24)12-7-13-11(2)22-25-17(13)20-9-12/h3-4,7-9H,5-6H2,1-2H3,(H,18,24)(H,19,21,23). The molecule has 0 fully saturated rings. The minimum Gasteiger partial charge on any atom is -0.351 e. The normalized spacial score (nSPS) is 10.6. The zero-order valence-electron chi connectivity index (χ0n) is 13.9. The van der Waals surface area contributed by atoms with E-state index in [1.54, 1.807) is 25.3 Å². The molecule has 2 N–H and O–H groups in total. The van der Waals surface area contributed by atoms with Crippen molar-refractivity contribution in [3.63, 3.8) is 0 Å². The van der Waals surface area contributed by atoms with E-state index in [0.29, 0.717) is 28.2 Å². The van der Waals surface area contributed by atoms with Gasteiger partial charge in [0.15, 0.2) is 0 Å². The molecule has 0 saturated heterocycles. The Labute approximate surface area is 143 Å². The molecule has 0 unspecified atom stereocenters. The monoisotopic (exact) mass is 339 g/mol. The molecule has 8 heteroatoms. The molecule has 2 amide bonds. The zero-order chi connectivity index (χ0) is 17.8. The Kier molecular flexibility index (Phi) is 4.69. The van der Waals surface area contributed by atoms with Crippen LogP contribution in [0.4, 0.5) is 5.82 Å². The second kappa shape index (κ2) is 7.08. The number of amides is 2. The molecule has 3 heterocycles. The molecule has 8 nitrogen and oxygen atoms in total. The average molecular weight is 339 g/mol. The van der Waals surface area contributed by atoms with Crippen LogP contribution in [-0.2, 0) is 4.79 Å². The lowest BCUT2D eigenvalue weighted by Crippen LogP contribution is -2.27. The molecule has 0 spiro atoms. The summed E-state index contributed by atoms with van der Waals surface area (Å²) in [6.07, 6.45) is 3.23. The minimum absolute atomic E-state index is 0.142. The molecule has 0 atom stereocenters. The first-order valence-electron chi connectivity index (χ1n) is 7.75. The van der Waals surface area contributed by atoms with Gasteiger partial charge in [-0.15, -0.1) is 0 Å². The molecule has 0 saturated carbocycles. The summed E-state index contributed by atoms with van der Waals surface area (Å²) in [6, 6.07) is 5.26. The lowest BCUT2D eigenvalue weighted by Gasteiger charge is -2.06. The maximum absolute atomic E-state index is 12.2. The lowest BCUT2D eigenvalue weighted by molar-refractivity contribution is -0.116. The van der Waals surface area contributed by atoms with E-state index in [9.17, 15) is 9.59 Å². The van der Waals surface area contributed by atoms with Gasteiger partial charge in [0.05, 0.1) is 16.6 Å². The molecule has 0 aliphatic rings. The van der Waals surface area contributed by atoms with E-state index in [0.717, 1.165) is 5.56 Å². The number of anilines is 1. The number of nitrogens with zero attached hydrogens (tertiary/aromatic N) is 3. The number of pyridine rings is 2. The van der Waals surface area contributed by atoms with Gasteiger partial charge in [-0.25, -0.2) is 9.97 Å². The van der Waals surface area contributed by atoms with E-state index in [2.05, 4.69) is 25.8 Å². The highest BCUT2D eigenvalue weighted by atomic mass is 16.5. The third-order valence-corrected chi connectivity index (χ3v) is 3.59. The molecular weight excluding hydrogens is 322 g/mol. The largest absolute Gasteiger partial charge is 0.351 e. The first-order chi connectivity index (χ1) is 12.0. The zero-order valence-corrected chi connectivity index (χ0v) is 13.9. The molecule has 0 radical (unpaired) electrons. The van der Waals surface area contributed by atoms with Crippen molar-refractivity contribution in [3.05, 3.63) is 47.4 Å². The van der Waals surface area contributed by atoms with E-state index in [4.69, 9.17) is 4.52 Å². The fourth-order valence-corrected chi connectivity index (χ4v) is 2.21. The van der Waals surface area contributed by atoms with Crippen molar-refractivity contribution < 1.29 is 14.1 Å². The molecule has 3 aromatic heterocycles. The molecule has 128 valence electrons. The Morgan fingerprint density at radius 1 is 1.16 bits per heavy atom. The predicted molar refractivity (Wildman–Crippen MR) is 91.1 cm³/mol. The van der Waals surface area contributed by atoms with Gasteiger partial charge in [-0.1, -0.05) is 11.2 Å². The van der Waals surface area contributed by atoms with Crippen molar-refractivity contribution in [1.82, 2.24) is 20.4 Å². The highest BCUT2D eigenvalue weighted by Crippen LogP contribution is 2.16. The van der Waals surface area contributed by atoms with Crippen LogP contribution in [0.2, 0.25) is 0 Å². The third kappa shape index (κ3) is 3.97. The van der Waals surface area contributed by atoms with E-state index >= 15 is 0 Å². The number of carbonyl (C=O) groups excluding carboxylic acids is 2. The van der Waals surface area contributed by atoms with E-state index < -0.39 is 0 Å². The molecule has 0 aromatic carbocycles. The van der Waals surface area contributed by atoms with Gasteiger partial charge in [0.25, 0.3) is 11.6 Å². The summed E-state index contributed by atoms with van der Waals surface area (Å²) in [4.78, 5) is 32.2. The summed E-state index contributed by atoms with van der Waals surface area (Å²) in [5, 5.41) is 9.86. The summed E-state index contributed by atoms with van der Waals surface area (Å²) in [7, 11) is 0. The van der Waals surface area contributed by atoms with Gasteiger partial charge in [0, 0.05) is 25.4 Å². The van der Waals surface area contributed by atoms with Crippen molar-refractivity contribution in [1.29, 1.82) is 0 Å². The van der Waals surface area contributed by atoms with Crippen LogP contribution in [0.3, 0.4) is 0 Å². The molecule has 3 rings (SSSR count). The second-order valence-electron chi connectivity index (χ2n) is 5.62. The van der Waals surface area contributed by atoms with Crippen LogP contribution in [0, 0.1) is 13.8 Å². The molecule has 25 heavy (non-hydrogen) atoms. The summed E-state index contributed by atoms with van der Waals surface area (Å²) in [5.41, 5.74) is 2.46. The van der Waals surface area contributed by atoms with Gasteiger partial charge < -0.3 is 15.2 Å². The topological polar surface area (TPSA) is 110 Å². The Bertz CT molecular complexity index is 918. The quantitative estimate of drug-likeness (QED) is 0.735. The molecule has 0 aliphatic carbocycles. The SMILES string of the molecule is Cc1ccc(NC(=O)CCNC(=O)c2cnc3onc(C)c3c2)nc1. The van der Waals surface area contributed by atoms with Crippen LogP contribution >= 0.6 is 0 Å². The fraction of sp³-hybridized carbons (Fsp3) is 0.235. The first kappa shape index (κ1) is 16.6. The number of hydrogen-bond donors (Lipinski definition) is 2. The summed E-state index contributed by atoms with van der Waals surface area (Å²) in [6.45, 7) is 3.90. The van der Waals surface area contributed by atoms with Gasteiger partial charge in [0.1, 0.15) is 5.82 Å². The third-order valence-electron chi connectivity index (χ3n) is 3.59. The van der Waals surface area contributed by atoms with Crippen LogP contribution in [0.5, 0.6) is 0 Å². The summed E-state index contributed by atoms with van der Waals surface area (Å²) in [5.74, 6) is -0.0455. The van der Waals surface area contributed by atoms with Gasteiger partial charge >= 0.3 is 0 Å². The Morgan fingerprint density at radius 3 is 2.76 bits per heavy atom. The number of hydrogen-bond acceptors (Lipinski definition) is 6. The molecular formula is C17H17N5O3. The Morgan fingerprint density at radius 2 is 2.00 bits per heavy atom. The van der Waals surface area contributed by atoms with Gasteiger partial charge in [-0.2, -0.15) is 0 Å². The van der Waals surface area contributed by atoms with Gasteiger partial charge in [-0.05, 0) is 31.5 Å².